The molecule has 4 heteroatoms. The summed E-state index contributed by atoms with van der Waals surface area (Å²) in [5.41, 5.74) is 6.97. The van der Waals surface area contributed by atoms with E-state index in [0.29, 0.717) is 19.5 Å². The Morgan fingerprint density at radius 2 is 1.90 bits per heavy atom. The number of carbonyl (C=O) groups is 1. The van der Waals surface area contributed by atoms with E-state index in [-0.39, 0.29) is 17.2 Å². The van der Waals surface area contributed by atoms with E-state index >= 15 is 0 Å². The number of hydrogen-bond donors (Lipinski definition) is 2. The fraction of sp³-hybridized carbons (Fsp3) is 0.588. The van der Waals surface area contributed by atoms with E-state index in [2.05, 4.69) is 24.1 Å². The third-order valence-corrected chi connectivity index (χ3v) is 3.47. The maximum atomic E-state index is 12.3. The Hall–Kier alpha value is -1.39. The highest BCUT2D eigenvalue weighted by Crippen LogP contribution is 2.15. The Morgan fingerprint density at radius 1 is 1.29 bits per heavy atom. The first-order chi connectivity index (χ1) is 9.84. The molecule has 1 aromatic carbocycles. The summed E-state index contributed by atoms with van der Waals surface area (Å²) in [4.78, 5) is 14.4. The van der Waals surface area contributed by atoms with Gasteiger partial charge in [-0.05, 0) is 31.5 Å². The molecule has 21 heavy (non-hydrogen) atoms. The van der Waals surface area contributed by atoms with Gasteiger partial charge in [0.05, 0.1) is 5.92 Å². The molecule has 1 rings (SSSR count). The van der Waals surface area contributed by atoms with Crippen LogP contribution in [0, 0.1) is 11.3 Å². The fourth-order valence-corrected chi connectivity index (χ4v) is 2.56. The molecule has 0 aliphatic rings. The lowest BCUT2D eigenvalue weighted by Crippen LogP contribution is -2.43. The molecule has 0 bridgehead atoms. The standard InChI is InChI=1S/C17H29N3O/c1-17(2,13-20(3)4)12-19-16(21)15(11-18)10-14-8-6-5-7-9-14/h5-9,15H,10-13,18H2,1-4H3,(H,19,21). The minimum atomic E-state index is -0.164. The van der Waals surface area contributed by atoms with E-state index in [1.54, 1.807) is 0 Å². The lowest BCUT2D eigenvalue weighted by atomic mass is 9.92. The predicted octanol–water partition coefficient (Wildman–Crippen LogP) is 1.51. The van der Waals surface area contributed by atoms with Crippen LogP contribution in [0.1, 0.15) is 19.4 Å². The monoisotopic (exact) mass is 291 g/mol. The van der Waals surface area contributed by atoms with Crippen LogP contribution < -0.4 is 11.1 Å². The second-order valence-electron chi connectivity index (χ2n) is 6.74. The fourth-order valence-electron chi connectivity index (χ4n) is 2.56. The molecule has 3 N–H and O–H groups in total. The number of nitrogens with one attached hydrogen (secondary N) is 1. The van der Waals surface area contributed by atoms with Gasteiger partial charge in [-0.25, -0.2) is 0 Å². The molecule has 0 aliphatic heterocycles. The molecule has 1 amide bonds. The molecule has 0 saturated heterocycles. The zero-order chi connectivity index (χ0) is 15.9. The van der Waals surface area contributed by atoms with Gasteiger partial charge in [0.2, 0.25) is 5.91 Å². The maximum absolute atomic E-state index is 12.3. The van der Waals surface area contributed by atoms with Crippen LogP contribution in [0.4, 0.5) is 0 Å². The van der Waals surface area contributed by atoms with Gasteiger partial charge in [0.1, 0.15) is 0 Å². The van der Waals surface area contributed by atoms with Gasteiger partial charge in [-0.1, -0.05) is 44.2 Å². The summed E-state index contributed by atoms with van der Waals surface area (Å²) in [5, 5.41) is 3.05. The Kier molecular flexibility index (Phi) is 6.85. The topological polar surface area (TPSA) is 58.4 Å². The first-order valence-electron chi connectivity index (χ1n) is 7.50. The van der Waals surface area contributed by atoms with E-state index in [9.17, 15) is 4.79 Å². The van der Waals surface area contributed by atoms with Crippen molar-refractivity contribution in [1.29, 1.82) is 0 Å². The van der Waals surface area contributed by atoms with Crippen LogP contribution in [0.15, 0.2) is 30.3 Å². The Bertz CT molecular complexity index is 429. The van der Waals surface area contributed by atoms with Gasteiger partial charge < -0.3 is 16.0 Å². The second kappa shape index (κ2) is 8.15. The van der Waals surface area contributed by atoms with Crippen LogP contribution in [0.25, 0.3) is 0 Å². The number of benzene rings is 1. The highest BCUT2D eigenvalue weighted by molar-refractivity contribution is 5.79. The van der Waals surface area contributed by atoms with Crippen molar-refractivity contribution >= 4 is 5.91 Å². The number of nitrogens with zero attached hydrogens (tertiary/aromatic N) is 1. The molecular formula is C17H29N3O. The third kappa shape index (κ3) is 6.74. The van der Waals surface area contributed by atoms with Crippen LogP contribution in [-0.2, 0) is 11.2 Å². The van der Waals surface area contributed by atoms with Crippen LogP contribution >= 0.6 is 0 Å². The first kappa shape index (κ1) is 17.7. The molecule has 118 valence electrons. The summed E-state index contributed by atoms with van der Waals surface area (Å²) in [6, 6.07) is 10.0. The largest absolute Gasteiger partial charge is 0.355 e. The minimum absolute atomic E-state index is 0.0467. The second-order valence-corrected chi connectivity index (χ2v) is 6.74. The van der Waals surface area contributed by atoms with Crippen LogP contribution in [-0.4, -0.2) is 44.5 Å². The summed E-state index contributed by atoms with van der Waals surface area (Å²) in [6.45, 7) is 6.27. The quantitative estimate of drug-likeness (QED) is 0.763. The lowest BCUT2D eigenvalue weighted by Gasteiger charge is -2.29. The zero-order valence-corrected chi connectivity index (χ0v) is 13.7. The van der Waals surface area contributed by atoms with Gasteiger partial charge in [0, 0.05) is 19.6 Å². The smallest absolute Gasteiger partial charge is 0.224 e. The number of nitrogens with two attached hydrogens (primary N) is 1. The Balaban J connectivity index is 2.52. The number of amides is 1. The normalized spacial score (nSPS) is 13.2. The molecule has 1 atom stereocenters. The average molecular weight is 291 g/mol. The summed E-state index contributed by atoms with van der Waals surface area (Å²) in [5.74, 6) is -0.115. The molecule has 0 heterocycles. The molecule has 4 nitrogen and oxygen atoms in total. The first-order valence-corrected chi connectivity index (χ1v) is 7.50. The SMILES string of the molecule is CN(C)CC(C)(C)CNC(=O)C(CN)Cc1ccccc1. The molecule has 1 aromatic rings. The molecule has 0 aromatic heterocycles. The molecule has 0 radical (unpaired) electrons. The molecule has 0 saturated carbocycles. The van der Waals surface area contributed by atoms with E-state index in [4.69, 9.17) is 5.73 Å². The van der Waals surface area contributed by atoms with E-state index < -0.39 is 0 Å². The van der Waals surface area contributed by atoms with Gasteiger partial charge >= 0.3 is 0 Å². The van der Waals surface area contributed by atoms with Crippen molar-refractivity contribution in [2.24, 2.45) is 17.1 Å². The Labute approximate surface area is 128 Å². The van der Waals surface area contributed by atoms with Crippen molar-refractivity contribution in [2.75, 3.05) is 33.7 Å². The molecule has 1 unspecified atom stereocenters. The predicted molar refractivity (Wildman–Crippen MR) is 88.0 cm³/mol. The third-order valence-electron chi connectivity index (χ3n) is 3.47. The molecular weight excluding hydrogens is 262 g/mol. The molecule has 0 fully saturated rings. The summed E-state index contributed by atoms with van der Waals surface area (Å²) in [6.07, 6.45) is 0.692. The number of carbonyl (C=O) groups excluding carboxylic acids is 1. The van der Waals surface area contributed by atoms with Crippen molar-refractivity contribution < 1.29 is 4.79 Å². The van der Waals surface area contributed by atoms with Gasteiger partial charge in [-0.3, -0.25) is 4.79 Å². The van der Waals surface area contributed by atoms with Crippen LogP contribution in [0.3, 0.4) is 0 Å². The summed E-state index contributed by atoms with van der Waals surface area (Å²) < 4.78 is 0. The van der Waals surface area contributed by atoms with Gasteiger partial charge in [-0.15, -0.1) is 0 Å². The van der Waals surface area contributed by atoms with E-state index in [0.717, 1.165) is 12.1 Å². The van der Waals surface area contributed by atoms with Gasteiger partial charge in [0.25, 0.3) is 0 Å². The molecule has 0 spiro atoms. The number of rotatable bonds is 8. The van der Waals surface area contributed by atoms with Gasteiger partial charge in [0.15, 0.2) is 0 Å². The zero-order valence-electron chi connectivity index (χ0n) is 13.7. The summed E-state index contributed by atoms with van der Waals surface area (Å²) >= 11 is 0. The molecule has 0 aliphatic carbocycles. The van der Waals surface area contributed by atoms with E-state index in [1.165, 1.54) is 0 Å². The van der Waals surface area contributed by atoms with Crippen LogP contribution in [0.2, 0.25) is 0 Å². The lowest BCUT2D eigenvalue weighted by molar-refractivity contribution is -0.125. The van der Waals surface area contributed by atoms with Crippen molar-refractivity contribution in [2.45, 2.75) is 20.3 Å². The van der Waals surface area contributed by atoms with Crippen molar-refractivity contribution in [3.8, 4) is 0 Å². The van der Waals surface area contributed by atoms with Crippen molar-refractivity contribution in [1.82, 2.24) is 10.2 Å². The number of hydrogen-bond acceptors (Lipinski definition) is 3. The Morgan fingerprint density at radius 3 is 2.43 bits per heavy atom. The highest BCUT2D eigenvalue weighted by atomic mass is 16.1. The van der Waals surface area contributed by atoms with Gasteiger partial charge in [-0.2, -0.15) is 0 Å². The van der Waals surface area contributed by atoms with Crippen molar-refractivity contribution in [3.05, 3.63) is 35.9 Å². The van der Waals surface area contributed by atoms with Crippen molar-refractivity contribution in [3.63, 3.8) is 0 Å². The van der Waals surface area contributed by atoms with E-state index in [1.807, 2.05) is 44.4 Å². The summed E-state index contributed by atoms with van der Waals surface area (Å²) in [7, 11) is 4.09. The van der Waals surface area contributed by atoms with Crippen LogP contribution in [0.5, 0.6) is 0 Å². The maximum Gasteiger partial charge on any atom is 0.224 e. The average Bonchev–Trinajstić information content (AvgIpc) is 2.42. The highest BCUT2D eigenvalue weighted by Gasteiger charge is 2.23. The minimum Gasteiger partial charge on any atom is -0.355 e.